The van der Waals surface area contributed by atoms with Crippen LogP contribution in [0.25, 0.3) is 110 Å². The predicted molar refractivity (Wildman–Crippen MR) is 261 cm³/mol. The van der Waals surface area contributed by atoms with E-state index in [-0.39, 0.29) is 16.7 Å². The first-order chi connectivity index (χ1) is 31.6. The van der Waals surface area contributed by atoms with Crippen LogP contribution < -0.4 is 0 Å². The Labute approximate surface area is 367 Å². The molecule has 0 saturated carbocycles. The fourth-order valence-electron chi connectivity index (χ4n) is 11.1. The molecular weight excluding hydrogens is 781 g/mol. The quantitative estimate of drug-likeness (QED) is 0.178. The summed E-state index contributed by atoms with van der Waals surface area (Å²) in [5.41, 5.74) is 9.72. The highest BCUT2D eigenvalue weighted by Crippen LogP contribution is 2.47. The predicted octanol–water partition coefficient (Wildman–Crippen LogP) is 14.2. The number of aryl methyl sites for hydroxylation is 1. The van der Waals surface area contributed by atoms with E-state index in [9.17, 15) is 15.8 Å². The topological polar surface area (TPSA) is 86.2 Å². The molecule has 6 heteroatoms. The summed E-state index contributed by atoms with van der Waals surface area (Å²) in [5.74, 6) is 0. The second kappa shape index (κ2) is 13.3. The summed E-state index contributed by atoms with van der Waals surface area (Å²) in [7, 11) is 0. The van der Waals surface area contributed by atoms with Gasteiger partial charge in [-0.2, -0.15) is 15.8 Å². The lowest BCUT2D eigenvalue weighted by molar-refractivity contribution is 0.882. The number of aromatic nitrogens is 3. The summed E-state index contributed by atoms with van der Waals surface area (Å²) in [6.45, 7) is 2.09. The molecule has 6 nitrogen and oxygen atoms in total. The van der Waals surface area contributed by atoms with Crippen LogP contribution in [0.15, 0.2) is 158 Å². The van der Waals surface area contributed by atoms with Gasteiger partial charge in [-0.15, -0.1) is 0 Å². The van der Waals surface area contributed by atoms with E-state index >= 15 is 0 Å². The van der Waals surface area contributed by atoms with E-state index < -0.39 is 0 Å². The Bertz CT molecular complexity index is 4240. The maximum atomic E-state index is 11.9. The molecule has 0 unspecified atom stereocenters. The van der Waals surface area contributed by atoms with Crippen molar-refractivity contribution < 1.29 is 0 Å². The number of hydrogen-bond donors (Lipinski definition) is 0. The second-order valence-corrected chi connectivity index (χ2v) is 16.9. The number of rotatable bonds is 3. The van der Waals surface area contributed by atoms with Crippen molar-refractivity contribution in [3.63, 3.8) is 0 Å². The summed E-state index contributed by atoms with van der Waals surface area (Å²) in [4.78, 5) is 0. The average molecular weight is 815 g/mol. The normalized spacial score (nSPS) is 12.5. The highest BCUT2D eigenvalue weighted by Gasteiger charge is 2.34. The summed E-state index contributed by atoms with van der Waals surface area (Å²) < 4.78 is 6.42. The Morgan fingerprint density at radius 3 is 1.42 bits per heavy atom. The van der Waals surface area contributed by atoms with E-state index in [2.05, 4.69) is 184 Å². The third kappa shape index (κ3) is 4.65. The molecule has 12 aromatic rings. The number of nitrogens with zero attached hydrogens (tertiary/aromatic N) is 6. The van der Waals surface area contributed by atoms with Gasteiger partial charge >= 0.3 is 0 Å². The minimum Gasteiger partial charge on any atom is -0.310 e. The van der Waals surface area contributed by atoms with Crippen LogP contribution in [0, 0.1) is 40.9 Å². The maximum Gasteiger partial charge on any atom is 0.104 e. The van der Waals surface area contributed by atoms with Crippen molar-refractivity contribution in [1.82, 2.24) is 13.7 Å². The highest BCUT2D eigenvalue weighted by molar-refractivity contribution is 6.23. The molecule has 9 aromatic carbocycles. The molecule has 1 aliphatic carbocycles. The van der Waals surface area contributed by atoms with Crippen molar-refractivity contribution >= 4 is 92.9 Å². The Morgan fingerprint density at radius 1 is 0.422 bits per heavy atom. The number of para-hydroxylation sites is 1. The van der Waals surface area contributed by atoms with Gasteiger partial charge < -0.3 is 13.7 Å². The molecule has 0 amide bonds. The molecule has 296 valence electrons. The lowest BCUT2D eigenvalue weighted by Crippen LogP contribution is -2.15. The van der Waals surface area contributed by atoms with E-state index in [1.165, 1.54) is 0 Å². The Morgan fingerprint density at radius 2 is 0.859 bits per heavy atom. The van der Waals surface area contributed by atoms with E-state index in [0.717, 1.165) is 110 Å². The summed E-state index contributed by atoms with van der Waals surface area (Å²) >= 11 is 0. The first-order valence-electron chi connectivity index (χ1n) is 21.6. The summed E-state index contributed by atoms with van der Waals surface area (Å²) in [6, 6.07) is 60.5. The Hall–Kier alpha value is -8.89. The van der Waals surface area contributed by atoms with Gasteiger partial charge in [-0.1, -0.05) is 133 Å². The van der Waals surface area contributed by atoms with Crippen LogP contribution in [-0.2, 0) is 6.42 Å². The first kappa shape index (κ1) is 35.8. The zero-order valence-corrected chi connectivity index (χ0v) is 34.7. The number of hydrogen-bond acceptors (Lipinski definition) is 3. The van der Waals surface area contributed by atoms with E-state index in [4.69, 9.17) is 0 Å². The molecule has 0 aliphatic heterocycles. The average Bonchev–Trinajstić information content (AvgIpc) is 3.98. The summed E-state index contributed by atoms with van der Waals surface area (Å²) in [5, 5.41) is 47.5. The zero-order valence-electron chi connectivity index (χ0n) is 34.7. The minimum absolute atomic E-state index is 0.246. The van der Waals surface area contributed by atoms with Crippen molar-refractivity contribution in [3.05, 3.63) is 191 Å². The van der Waals surface area contributed by atoms with Crippen LogP contribution in [0.2, 0.25) is 0 Å². The van der Waals surface area contributed by atoms with Crippen molar-refractivity contribution in [1.29, 1.82) is 15.8 Å². The Kier molecular flexibility index (Phi) is 7.45. The van der Waals surface area contributed by atoms with Gasteiger partial charge in [-0.25, -0.2) is 0 Å². The number of nitriles is 3. The SMILES string of the molecule is Cc1ccc2c(c1)c1c3ccccc3ccc1n2-c1c(C#N)c(-n2c3c(c4c5ccccc5ccc42)C=CCC3)c(C#N)c(-n2c3ccccc3c3c4ccccc4ccc32)c1C#N. The minimum atomic E-state index is 0.246. The first-order valence-corrected chi connectivity index (χ1v) is 21.6. The molecule has 0 radical (unpaired) electrons. The molecule has 0 N–H and O–H groups in total. The van der Waals surface area contributed by atoms with Crippen molar-refractivity contribution in [2.24, 2.45) is 0 Å². The number of benzene rings is 9. The maximum absolute atomic E-state index is 11.9. The molecule has 0 saturated heterocycles. The Balaban J connectivity index is 1.31. The fraction of sp³-hybridized carbons (Fsp3) is 0.0517. The third-order valence-electron chi connectivity index (χ3n) is 13.6. The molecule has 3 aromatic heterocycles. The van der Waals surface area contributed by atoms with Gasteiger partial charge in [-0.3, -0.25) is 0 Å². The van der Waals surface area contributed by atoms with Crippen LogP contribution in [0.4, 0.5) is 0 Å². The van der Waals surface area contributed by atoms with Gasteiger partial charge in [0, 0.05) is 38.2 Å². The molecule has 3 heterocycles. The van der Waals surface area contributed by atoms with Gasteiger partial charge in [0.2, 0.25) is 0 Å². The van der Waals surface area contributed by atoms with Crippen molar-refractivity contribution in [2.45, 2.75) is 19.8 Å². The molecule has 0 bridgehead atoms. The lowest BCUT2D eigenvalue weighted by atomic mass is 9.95. The summed E-state index contributed by atoms with van der Waals surface area (Å²) in [6.07, 6.45) is 5.93. The standard InChI is InChI=1S/C58H34N6/c1-34-22-26-49-43(30-34)55-40-17-7-4-14-37(40)25-29-52(55)64(49)58-45(32-60)56(62-47-20-10-8-18-41(47)53-38-15-5-2-12-35(38)23-27-50(53)62)44(31-59)57(46(58)33-61)63-48-21-11-9-19-42(48)54-39-16-6-3-13-36(39)24-28-51(54)63/h2-10,12-20,22-30H,11,21H2,1H3. The monoisotopic (exact) mass is 814 g/mol. The van der Waals surface area contributed by atoms with Crippen LogP contribution in [0.1, 0.15) is 39.9 Å². The van der Waals surface area contributed by atoms with Gasteiger partial charge in [-0.05, 0) is 88.5 Å². The van der Waals surface area contributed by atoms with E-state index in [0.29, 0.717) is 23.5 Å². The van der Waals surface area contributed by atoms with Gasteiger partial charge in [0.1, 0.15) is 34.9 Å². The van der Waals surface area contributed by atoms with Crippen molar-refractivity contribution in [2.75, 3.05) is 0 Å². The van der Waals surface area contributed by atoms with Gasteiger partial charge in [0.05, 0.1) is 44.6 Å². The number of allylic oxidation sites excluding steroid dienone is 1. The molecule has 64 heavy (non-hydrogen) atoms. The molecule has 0 fully saturated rings. The van der Waals surface area contributed by atoms with Gasteiger partial charge in [0.15, 0.2) is 0 Å². The molecular formula is C58H34N6. The molecule has 13 rings (SSSR count). The van der Waals surface area contributed by atoms with E-state index in [1.807, 2.05) is 18.2 Å². The van der Waals surface area contributed by atoms with Crippen LogP contribution in [0.5, 0.6) is 0 Å². The van der Waals surface area contributed by atoms with Crippen LogP contribution >= 0.6 is 0 Å². The smallest absolute Gasteiger partial charge is 0.104 e. The largest absolute Gasteiger partial charge is 0.310 e. The van der Waals surface area contributed by atoms with Crippen LogP contribution in [0.3, 0.4) is 0 Å². The zero-order chi connectivity index (χ0) is 42.8. The van der Waals surface area contributed by atoms with Gasteiger partial charge in [0.25, 0.3) is 0 Å². The second-order valence-electron chi connectivity index (χ2n) is 16.9. The van der Waals surface area contributed by atoms with Crippen LogP contribution in [-0.4, -0.2) is 13.7 Å². The highest BCUT2D eigenvalue weighted by atomic mass is 15.1. The molecule has 1 aliphatic rings. The lowest BCUT2D eigenvalue weighted by Gasteiger charge is -2.24. The molecule has 0 spiro atoms. The molecule has 0 atom stereocenters. The fourth-order valence-corrected chi connectivity index (χ4v) is 11.1. The third-order valence-corrected chi connectivity index (χ3v) is 13.6. The van der Waals surface area contributed by atoms with Crippen molar-refractivity contribution in [3.8, 4) is 35.3 Å². The number of fused-ring (bicyclic) bond motifs is 15. The van der Waals surface area contributed by atoms with E-state index in [1.54, 1.807) is 0 Å².